The van der Waals surface area contributed by atoms with E-state index in [1.54, 1.807) is 13.8 Å². The molecule has 9 heteroatoms. The number of carbonyl (C=O) groups excluding carboxylic acids is 1. The van der Waals surface area contributed by atoms with Crippen molar-refractivity contribution in [2.24, 2.45) is 5.92 Å². The lowest BCUT2D eigenvalue weighted by Crippen LogP contribution is -2.45. The van der Waals surface area contributed by atoms with E-state index in [0.717, 1.165) is 6.20 Å². The van der Waals surface area contributed by atoms with Gasteiger partial charge in [0.25, 0.3) is 0 Å². The van der Waals surface area contributed by atoms with Gasteiger partial charge in [-0.1, -0.05) is 13.8 Å². The number of aromatic nitrogens is 2. The summed E-state index contributed by atoms with van der Waals surface area (Å²) in [7, 11) is 0. The lowest BCUT2D eigenvalue weighted by Gasteiger charge is -2.17. The highest BCUT2D eigenvalue weighted by molar-refractivity contribution is 5.83. The second-order valence-electron chi connectivity index (χ2n) is 4.66. The lowest BCUT2D eigenvalue weighted by atomic mass is 10.1. The Kier molecular flexibility index (Phi) is 4.78. The Bertz CT molecular complexity index is 537. The van der Waals surface area contributed by atoms with Crippen molar-refractivity contribution < 1.29 is 19.6 Å². The molecule has 110 valence electrons. The van der Waals surface area contributed by atoms with Crippen LogP contribution in [0.5, 0.6) is 0 Å². The number of hydrogen-bond donors (Lipinski definition) is 2. The van der Waals surface area contributed by atoms with Crippen LogP contribution < -0.4 is 5.32 Å². The van der Waals surface area contributed by atoms with Gasteiger partial charge in [-0.2, -0.15) is 0 Å². The highest BCUT2D eigenvalue weighted by Gasteiger charge is 2.24. The van der Waals surface area contributed by atoms with Crippen molar-refractivity contribution in [3.05, 3.63) is 22.1 Å². The zero-order chi connectivity index (χ0) is 15.4. The zero-order valence-electron chi connectivity index (χ0n) is 11.4. The molecule has 0 aliphatic heterocycles. The summed E-state index contributed by atoms with van der Waals surface area (Å²) >= 11 is 0. The molecule has 0 fully saturated rings. The number of amides is 1. The van der Waals surface area contributed by atoms with Crippen LogP contribution in [-0.4, -0.2) is 37.5 Å². The normalized spacial score (nSPS) is 12.2. The largest absolute Gasteiger partial charge is 0.480 e. The quantitative estimate of drug-likeness (QED) is 0.572. The van der Waals surface area contributed by atoms with E-state index in [0.29, 0.717) is 5.82 Å². The number of carboxylic acid groups (broad SMARTS) is 1. The van der Waals surface area contributed by atoms with Gasteiger partial charge in [-0.3, -0.25) is 9.36 Å². The maximum absolute atomic E-state index is 11.8. The van der Waals surface area contributed by atoms with E-state index >= 15 is 0 Å². The van der Waals surface area contributed by atoms with Gasteiger partial charge < -0.3 is 20.5 Å². The molecule has 2 N–H and O–H groups in total. The van der Waals surface area contributed by atoms with Crippen LogP contribution >= 0.6 is 0 Å². The fraction of sp³-hybridized carbons (Fsp3) is 0.545. The van der Waals surface area contributed by atoms with E-state index in [-0.39, 0.29) is 18.3 Å². The minimum Gasteiger partial charge on any atom is -0.480 e. The van der Waals surface area contributed by atoms with Crippen molar-refractivity contribution in [3.63, 3.8) is 0 Å². The molecule has 1 amide bonds. The number of carbonyl (C=O) groups is 2. The standard InChI is InChI=1S/C11H16N4O5/c1-6(2)10(11(17)18)13-9(16)5-14-4-8(15(19)20)12-7(14)3/h4,6,10H,5H2,1-3H3,(H,13,16)(H,17,18)/t10-/m1/s1. The van der Waals surface area contributed by atoms with Crippen molar-refractivity contribution in [2.75, 3.05) is 0 Å². The predicted molar refractivity (Wildman–Crippen MR) is 68.0 cm³/mol. The first-order chi connectivity index (χ1) is 9.22. The fourth-order valence-corrected chi connectivity index (χ4v) is 1.63. The minimum atomic E-state index is -1.12. The van der Waals surface area contributed by atoms with Gasteiger partial charge in [0, 0.05) is 6.92 Å². The summed E-state index contributed by atoms with van der Waals surface area (Å²) in [6.45, 7) is 4.65. The Morgan fingerprint density at radius 2 is 2.15 bits per heavy atom. The van der Waals surface area contributed by atoms with Crippen LogP contribution in [0.1, 0.15) is 19.7 Å². The molecule has 0 unspecified atom stereocenters. The summed E-state index contributed by atoms with van der Waals surface area (Å²) in [5.74, 6) is -1.98. The number of carboxylic acids is 1. The summed E-state index contributed by atoms with van der Waals surface area (Å²) in [5, 5.41) is 21.9. The van der Waals surface area contributed by atoms with Crippen LogP contribution in [-0.2, 0) is 16.1 Å². The third kappa shape index (κ3) is 3.77. The number of aryl methyl sites for hydroxylation is 1. The molecule has 0 radical (unpaired) electrons. The predicted octanol–water partition coefficient (Wildman–Crippen LogP) is 0.325. The molecule has 1 heterocycles. The Morgan fingerprint density at radius 1 is 1.55 bits per heavy atom. The first-order valence-electron chi connectivity index (χ1n) is 5.92. The molecule has 0 aliphatic rings. The van der Waals surface area contributed by atoms with Gasteiger partial charge in [0.05, 0.1) is 0 Å². The SMILES string of the molecule is Cc1nc([N+](=O)[O-])cn1CC(=O)N[C@@H](C(=O)O)C(C)C. The monoisotopic (exact) mass is 284 g/mol. The molecule has 1 atom stereocenters. The molecule has 20 heavy (non-hydrogen) atoms. The first kappa shape index (κ1) is 15.6. The van der Waals surface area contributed by atoms with E-state index < -0.39 is 22.8 Å². The van der Waals surface area contributed by atoms with Crippen LogP contribution in [0.25, 0.3) is 0 Å². The smallest absolute Gasteiger partial charge is 0.381 e. The van der Waals surface area contributed by atoms with Gasteiger partial charge in [0.1, 0.15) is 18.8 Å². The number of imidazole rings is 1. The second-order valence-corrected chi connectivity index (χ2v) is 4.66. The molecule has 9 nitrogen and oxygen atoms in total. The average molecular weight is 284 g/mol. The van der Waals surface area contributed by atoms with Gasteiger partial charge >= 0.3 is 11.8 Å². The van der Waals surface area contributed by atoms with E-state index in [4.69, 9.17) is 5.11 Å². The zero-order valence-corrected chi connectivity index (χ0v) is 11.4. The molecule has 1 rings (SSSR count). The number of nitro groups is 1. The molecule has 0 bridgehead atoms. The number of rotatable bonds is 6. The molecule has 1 aromatic heterocycles. The summed E-state index contributed by atoms with van der Waals surface area (Å²) < 4.78 is 1.30. The highest BCUT2D eigenvalue weighted by atomic mass is 16.6. The molecule has 0 saturated carbocycles. The van der Waals surface area contributed by atoms with Crippen LogP contribution in [0.4, 0.5) is 5.82 Å². The molecule has 0 aliphatic carbocycles. The molecular weight excluding hydrogens is 268 g/mol. The Labute approximate surface area is 114 Å². The van der Waals surface area contributed by atoms with Gasteiger partial charge in [-0.25, -0.2) is 4.79 Å². The summed E-state index contributed by atoms with van der Waals surface area (Å²) in [6.07, 6.45) is 1.14. The van der Waals surface area contributed by atoms with Gasteiger partial charge in [-0.15, -0.1) is 0 Å². The van der Waals surface area contributed by atoms with Crippen molar-refractivity contribution in [2.45, 2.75) is 33.4 Å². The number of nitrogens with one attached hydrogen (secondary N) is 1. The van der Waals surface area contributed by atoms with E-state index in [1.807, 2.05) is 0 Å². The maximum Gasteiger partial charge on any atom is 0.381 e. The molecule has 0 aromatic carbocycles. The number of nitrogens with zero attached hydrogens (tertiary/aromatic N) is 3. The van der Waals surface area contributed by atoms with Crippen LogP contribution in [0.3, 0.4) is 0 Å². The minimum absolute atomic E-state index is 0.219. The highest BCUT2D eigenvalue weighted by Crippen LogP contribution is 2.10. The summed E-state index contributed by atoms with van der Waals surface area (Å²) in [5.41, 5.74) is 0. The second kappa shape index (κ2) is 6.13. The van der Waals surface area contributed by atoms with Crippen LogP contribution in [0.15, 0.2) is 6.20 Å². The molecule has 0 spiro atoms. The van der Waals surface area contributed by atoms with E-state index in [9.17, 15) is 19.7 Å². The topological polar surface area (TPSA) is 127 Å². The van der Waals surface area contributed by atoms with Gasteiger partial charge in [0.2, 0.25) is 11.7 Å². The average Bonchev–Trinajstić information content (AvgIpc) is 2.67. The fourth-order valence-electron chi connectivity index (χ4n) is 1.63. The lowest BCUT2D eigenvalue weighted by molar-refractivity contribution is -0.389. The molecule has 1 aromatic rings. The summed E-state index contributed by atoms with van der Waals surface area (Å²) in [4.78, 5) is 36.3. The Balaban J connectivity index is 2.76. The molecular formula is C11H16N4O5. The maximum atomic E-state index is 11.8. The Morgan fingerprint density at radius 3 is 2.55 bits per heavy atom. The van der Waals surface area contributed by atoms with Crippen molar-refractivity contribution in [3.8, 4) is 0 Å². The third-order valence-corrected chi connectivity index (χ3v) is 2.71. The van der Waals surface area contributed by atoms with E-state index in [2.05, 4.69) is 10.3 Å². The molecule has 0 saturated heterocycles. The number of aliphatic carboxylic acids is 1. The van der Waals surface area contributed by atoms with Crippen LogP contribution in [0, 0.1) is 23.0 Å². The van der Waals surface area contributed by atoms with Gasteiger partial charge in [0.15, 0.2) is 0 Å². The van der Waals surface area contributed by atoms with E-state index in [1.165, 1.54) is 11.5 Å². The van der Waals surface area contributed by atoms with Gasteiger partial charge in [-0.05, 0) is 15.8 Å². The third-order valence-electron chi connectivity index (χ3n) is 2.71. The Hall–Kier alpha value is -2.45. The van der Waals surface area contributed by atoms with Crippen molar-refractivity contribution >= 4 is 17.7 Å². The van der Waals surface area contributed by atoms with Crippen molar-refractivity contribution in [1.82, 2.24) is 14.9 Å². The summed E-state index contributed by atoms with van der Waals surface area (Å²) in [6, 6.07) is -0.999. The number of hydrogen-bond acceptors (Lipinski definition) is 5. The van der Waals surface area contributed by atoms with Crippen LogP contribution in [0.2, 0.25) is 0 Å². The van der Waals surface area contributed by atoms with Crippen molar-refractivity contribution in [1.29, 1.82) is 0 Å². The first-order valence-corrected chi connectivity index (χ1v) is 5.92.